The van der Waals surface area contributed by atoms with Crippen LogP contribution in [0.4, 0.5) is 5.69 Å². The summed E-state index contributed by atoms with van der Waals surface area (Å²) in [7, 11) is 0. The van der Waals surface area contributed by atoms with Crippen LogP contribution in [0.5, 0.6) is 0 Å². The maximum atomic E-state index is 13.6. The molecule has 5 rings (SSSR count). The van der Waals surface area contributed by atoms with Gasteiger partial charge < -0.3 is 4.42 Å². The van der Waals surface area contributed by atoms with Gasteiger partial charge in [0.05, 0.1) is 17.0 Å². The zero-order chi connectivity index (χ0) is 21.9. The summed E-state index contributed by atoms with van der Waals surface area (Å²) in [5.41, 5.74) is 4.37. The number of carbonyl (C=O) groups excluding carboxylic acids is 1. The van der Waals surface area contributed by atoms with Crippen LogP contribution in [0, 0.1) is 13.8 Å². The van der Waals surface area contributed by atoms with E-state index < -0.39 is 6.04 Å². The predicted octanol–water partition coefficient (Wildman–Crippen LogP) is 6.68. The van der Waals surface area contributed by atoms with Gasteiger partial charge in [-0.15, -0.1) is 0 Å². The van der Waals surface area contributed by atoms with Crippen molar-refractivity contribution in [2.75, 3.05) is 4.90 Å². The van der Waals surface area contributed by atoms with Crippen molar-refractivity contribution >= 4 is 54.4 Å². The van der Waals surface area contributed by atoms with Gasteiger partial charge >= 0.3 is 0 Å². The molecule has 3 aromatic carbocycles. The van der Waals surface area contributed by atoms with Crippen LogP contribution < -0.4 is 10.3 Å². The number of aryl methyl sites for hydroxylation is 2. The molecule has 0 saturated carbocycles. The molecule has 1 atom stereocenters. The minimum atomic E-state index is -0.572. The minimum absolute atomic E-state index is 0.103. The molecule has 0 fully saturated rings. The molecule has 1 aromatic heterocycles. The Labute approximate surface area is 195 Å². The molecule has 0 aliphatic carbocycles. The number of nitrogens with zero attached hydrogens (tertiary/aromatic N) is 1. The van der Waals surface area contributed by atoms with Crippen LogP contribution >= 0.6 is 31.9 Å². The number of benzene rings is 3. The summed E-state index contributed by atoms with van der Waals surface area (Å²) in [5.74, 6) is -0.209. The summed E-state index contributed by atoms with van der Waals surface area (Å²) in [6, 6.07) is 18.2. The lowest BCUT2D eigenvalue weighted by atomic mass is 9.98. The van der Waals surface area contributed by atoms with Gasteiger partial charge in [-0.2, -0.15) is 0 Å². The Hall–Kier alpha value is -2.70. The molecule has 1 unspecified atom stereocenters. The smallest absolute Gasteiger partial charge is 0.295 e. The van der Waals surface area contributed by atoms with Gasteiger partial charge in [-0.3, -0.25) is 14.5 Å². The van der Waals surface area contributed by atoms with Gasteiger partial charge in [0.15, 0.2) is 5.43 Å². The fourth-order valence-corrected chi connectivity index (χ4v) is 4.67. The second kappa shape index (κ2) is 7.46. The van der Waals surface area contributed by atoms with Crippen molar-refractivity contribution < 1.29 is 9.21 Å². The van der Waals surface area contributed by atoms with Gasteiger partial charge in [0.1, 0.15) is 5.58 Å². The van der Waals surface area contributed by atoms with Crippen LogP contribution in [0.25, 0.3) is 11.0 Å². The van der Waals surface area contributed by atoms with E-state index in [1.807, 2.05) is 56.3 Å². The molecule has 1 amide bonds. The summed E-state index contributed by atoms with van der Waals surface area (Å²) in [6.45, 7) is 4.04. The number of hydrogen-bond donors (Lipinski definition) is 0. The minimum Gasteiger partial charge on any atom is -0.450 e. The highest BCUT2D eigenvalue weighted by Crippen LogP contribution is 2.42. The summed E-state index contributed by atoms with van der Waals surface area (Å²) in [6.07, 6.45) is 0. The Kier molecular flexibility index (Phi) is 4.87. The molecule has 4 nitrogen and oxygen atoms in total. The molecule has 2 heterocycles. The summed E-state index contributed by atoms with van der Waals surface area (Å²) in [4.78, 5) is 28.8. The third-order valence-electron chi connectivity index (χ3n) is 5.79. The number of anilines is 1. The van der Waals surface area contributed by atoms with Crippen molar-refractivity contribution in [2.45, 2.75) is 19.9 Å². The van der Waals surface area contributed by atoms with Crippen molar-refractivity contribution in [3.63, 3.8) is 0 Å². The van der Waals surface area contributed by atoms with Gasteiger partial charge in [0, 0.05) is 14.6 Å². The zero-order valence-electron chi connectivity index (χ0n) is 16.8. The number of halogens is 2. The molecule has 0 bridgehead atoms. The lowest BCUT2D eigenvalue weighted by molar-refractivity contribution is 0.0971. The molecule has 1 aliphatic heterocycles. The monoisotopic (exact) mass is 537 g/mol. The molecule has 0 radical (unpaired) electrons. The molecule has 31 heavy (non-hydrogen) atoms. The van der Waals surface area contributed by atoms with Gasteiger partial charge in [-0.25, -0.2) is 0 Å². The van der Waals surface area contributed by atoms with Crippen LogP contribution in [0.15, 0.2) is 78.8 Å². The lowest BCUT2D eigenvalue weighted by Gasteiger charge is -2.26. The second-order valence-electron chi connectivity index (χ2n) is 7.71. The normalized spacial score (nSPS) is 15.5. The SMILES string of the molecule is Cc1ccc(N2C(=O)c3oc4ccc(Br)cc4c(=O)c3C2c2ccc(Br)cc2)cc1C. The average molecular weight is 539 g/mol. The van der Waals surface area contributed by atoms with E-state index >= 15 is 0 Å². The van der Waals surface area contributed by atoms with E-state index in [1.165, 1.54) is 0 Å². The lowest BCUT2D eigenvalue weighted by Crippen LogP contribution is -2.29. The third-order valence-corrected chi connectivity index (χ3v) is 6.81. The van der Waals surface area contributed by atoms with E-state index in [-0.39, 0.29) is 17.1 Å². The summed E-state index contributed by atoms with van der Waals surface area (Å²) < 4.78 is 7.72. The van der Waals surface area contributed by atoms with Crippen molar-refractivity contribution in [1.29, 1.82) is 0 Å². The fraction of sp³-hybridized carbons (Fsp3) is 0.120. The maximum Gasteiger partial charge on any atom is 0.295 e. The van der Waals surface area contributed by atoms with Gasteiger partial charge in [-0.05, 0) is 73.0 Å². The molecule has 0 spiro atoms. The van der Waals surface area contributed by atoms with Gasteiger partial charge in [-0.1, -0.05) is 50.1 Å². The van der Waals surface area contributed by atoms with Crippen LogP contribution in [0.1, 0.15) is 38.9 Å². The van der Waals surface area contributed by atoms with E-state index in [9.17, 15) is 9.59 Å². The van der Waals surface area contributed by atoms with Crippen LogP contribution in [-0.2, 0) is 0 Å². The first-order chi connectivity index (χ1) is 14.8. The average Bonchev–Trinajstić information content (AvgIpc) is 3.04. The zero-order valence-corrected chi connectivity index (χ0v) is 20.0. The molecular weight excluding hydrogens is 522 g/mol. The Balaban J connectivity index is 1.82. The van der Waals surface area contributed by atoms with Crippen LogP contribution in [0.3, 0.4) is 0 Å². The Morgan fingerprint density at radius 2 is 1.55 bits per heavy atom. The fourth-order valence-electron chi connectivity index (χ4n) is 4.05. The molecule has 6 heteroatoms. The first kappa shape index (κ1) is 20.2. The molecule has 0 N–H and O–H groups in total. The topological polar surface area (TPSA) is 50.5 Å². The predicted molar refractivity (Wildman–Crippen MR) is 129 cm³/mol. The first-order valence-corrected chi connectivity index (χ1v) is 11.4. The van der Waals surface area contributed by atoms with E-state index in [2.05, 4.69) is 31.9 Å². The van der Waals surface area contributed by atoms with E-state index in [4.69, 9.17) is 4.42 Å². The Morgan fingerprint density at radius 1 is 0.839 bits per heavy atom. The number of fused-ring (bicyclic) bond motifs is 2. The highest BCUT2D eigenvalue weighted by Gasteiger charge is 2.43. The van der Waals surface area contributed by atoms with Crippen LogP contribution in [0.2, 0.25) is 0 Å². The summed E-state index contributed by atoms with van der Waals surface area (Å²) in [5, 5.41) is 0.449. The van der Waals surface area contributed by atoms with E-state index in [1.54, 1.807) is 23.1 Å². The number of amides is 1. The van der Waals surface area contributed by atoms with Gasteiger partial charge in [0.25, 0.3) is 5.91 Å². The molecule has 0 saturated heterocycles. The number of rotatable bonds is 2. The van der Waals surface area contributed by atoms with Crippen LogP contribution in [-0.4, -0.2) is 5.91 Å². The van der Waals surface area contributed by atoms with Crippen molar-refractivity contribution in [2.24, 2.45) is 0 Å². The van der Waals surface area contributed by atoms with Crippen molar-refractivity contribution in [3.8, 4) is 0 Å². The second-order valence-corrected chi connectivity index (χ2v) is 9.54. The molecule has 1 aliphatic rings. The Bertz CT molecular complexity index is 1420. The first-order valence-electron chi connectivity index (χ1n) is 9.77. The third kappa shape index (κ3) is 3.25. The number of carbonyl (C=O) groups is 1. The standard InChI is InChI=1S/C25H17Br2NO3/c1-13-3-9-18(11-14(13)2)28-22(15-4-6-16(26)7-5-15)21-23(29)19-12-17(27)8-10-20(19)31-24(21)25(28)30/h3-12,22H,1-2H3. The highest BCUT2D eigenvalue weighted by molar-refractivity contribution is 9.10. The molecule has 4 aromatic rings. The van der Waals surface area contributed by atoms with Gasteiger partial charge in [0.2, 0.25) is 5.76 Å². The molecular formula is C25H17Br2NO3. The summed E-state index contributed by atoms with van der Waals surface area (Å²) >= 11 is 6.89. The van der Waals surface area contributed by atoms with E-state index in [0.717, 1.165) is 31.3 Å². The largest absolute Gasteiger partial charge is 0.450 e. The maximum absolute atomic E-state index is 13.6. The highest BCUT2D eigenvalue weighted by atomic mass is 79.9. The van der Waals surface area contributed by atoms with Crippen molar-refractivity contribution in [1.82, 2.24) is 0 Å². The number of hydrogen-bond acceptors (Lipinski definition) is 3. The molecule has 154 valence electrons. The van der Waals surface area contributed by atoms with Crippen molar-refractivity contribution in [3.05, 3.63) is 108 Å². The Morgan fingerprint density at radius 3 is 2.26 bits per heavy atom. The van der Waals surface area contributed by atoms with E-state index in [0.29, 0.717) is 16.5 Å². The quantitative estimate of drug-likeness (QED) is 0.286.